The van der Waals surface area contributed by atoms with Gasteiger partial charge < -0.3 is 14.7 Å². The number of carbonyl (C=O) groups is 1. The van der Waals surface area contributed by atoms with Crippen LogP contribution in [0.2, 0.25) is 5.02 Å². The lowest BCUT2D eigenvalue weighted by Gasteiger charge is -2.48. The molecule has 2 bridgehead atoms. The molecule has 2 aliphatic heterocycles. The van der Waals surface area contributed by atoms with Crippen LogP contribution in [0.4, 0.5) is 5.69 Å². The van der Waals surface area contributed by atoms with Crippen LogP contribution in [0.3, 0.4) is 0 Å². The van der Waals surface area contributed by atoms with E-state index in [2.05, 4.69) is 9.62 Å². The van der Waals surface area contributed by atoms with E-state index in [-0.39, 0.29) is 17.2 Å². The number of ether oxygens (including phenoxy) is 1. The van der Waals surface area contributed by atoms with Gasteiger partial charge in [0, 0.05) is 23.7 Å². The highest BCUT2D eigenvalue weighted by Crippen LogP contribution is 2.45. The molecule has 0 spiro atoms. The van der Waals surface area contributed by atoms with Crippen LogP contribution in [0.5, 0.6) is 5.75 Å². The lowest BCUT2D eigenvalue weighted by molar-refractivity contribution is -0.0741. The van der Waals surface area contributed by atoms with Crippen molar-refractivity contribution in [2.45, 2.75) is 76.9 Å². The molecule has 2 heterocycles. The van der Waals surface area contributed by atoms with Gasteiger partial charge in [0.15, 0.2) is 0 Å². The molecular weight excluding hydrogens is 536 g/mol. The minimum Gasteiger partial charge on any atom is -0.487 e. The molecule has 7 nitrogen and oxygen atoms in total. The summed E-state index contributed by atoms with van der Waals surface area (Å²) < 4.78 is 33.9. The maximum atomic E-state index is 13.1. The van der Waals surface area contributed by atoms with E-state index >= 15 is 0 Å². The van der Waals surface area contributed by atoms with Crippen LogP contribution in [-0.4, -0.2) is 43.9 Å². The van der Waals surface area contributed by atoms with Gasteiger partial charge in [0.05, 0.1) is 17.0 Å². The summed E-state index contributed by atoms with van der Waals surface area (Å²) in [6, 6.07) is 11.1. The number of carbonyl (C=O) groups excluding carboxylic acids is 1. The summed E-state index contributed by atoms with van der Waals surface area (Å²) in [5.74, 6) is 0.440. The molecule has 39 heavy (non-hydrogen) atoms. The highest BCUT2D eigenvalue weighted by Gasteiger charge is 2.44. The first-order valence-electron chi connectivity index (χ1n) is 14.2. The zero-order chi connectivity index (χ0) is 27.6. The molecule has 2 aromatic rings. The second kappa shape index (κ2) is 11.7. The highest BCUT2D eigenvalue weighted by atomic mass is 35.5. The average Bonchev–Trinajstić information content (AvgIpc) is 2.88. The van der Waals surface area contributed by atoms with Crippen molar-refractivity contribution in [3.8, 4) is 5.75 Å². The largest absolute Gasteiger partial charge is 0.487 e. The third-order valence-electron chi connectivity index (χ3n) is 8.75. The Morgan fingerprint density at radius 1 is 1.05 bits per heavy atom. The number of hydrogen-bond acceptors (Lipinski definition) is 6. The zero-order valence-corrected chi connectivity index (χ0v) is 24.2. The number of amides is 1. The van der Waals surface area contributed by atoms with E-state index in [0.29, 0.717) is 42.6 Å². The summed E-state index contributed by atoms with van der Waals surface area (Å²) in [5, 5.41) is 12.1. The van der Waals surface area contributed by atoms with Crippen molar-refractivity contribution in [1.29, 1.82) is 0 Å². The van der Waals surface area contributed by atoms with Crippen LogP contribution in [0.25, 0.3) is 0 Å². The highest BCUT2D eigenvalue weighted by molar-refractivity contribution is 7.90. The first-order chi connectivity index (χ1) is 18.6. The van der Waals surface area contributed by atoms with Gasteiger partial charge in [-0.3, -0.25) is 4.79 Å². The number of benzene rings is 2. The molecule has 1 fully saturated rings. The maximum Gasteiger partial charge on any atom is 0.264 e. The van der Waals surface area contributed by atoms with Gasteiger partial charge in [-0.2, -0.15) is 0 Å². The SMILES string of the molecule is C[C@@]1(O)CCCCCS(=O)(=O)NC(=O)c2ccc3c(c2)N(CCCCc2cc(Cl)ccc2CO3)C[C@@H]2CC[C@H]21. The van der Waals surface area contributed by atoms with Crippen LogP contribution in [0, 0.1) is 11.8 Å². The van der Waals surface area contributed by atoms with Crippen LogP contribution in [-0.2, 0) is 23.1 Å². The fourth-order valence-corrected chi connectivity index (χ4v) is 7.64. The molecule has 3 aliphatic rings. The number of hydrogen-bond donors (Lipinski definition) is 2. The van der Waals surface area contributed by atoms with Gasteiger partial charge in [-0.15, -0.1) is 0 Å². The standard InChI is InChI=1S/C30H39ClN2O5S/c1-30(35)14-4-2-6-16-39(36,37)32-29(34)22-10-13-28-27(18-22)33(19-23-9-12-26(23)30)15-5-3-7-21-17-25(31)11-8-24(21)20-38-28/h8,10-11,13,17-18,23,26,35H,2-7,9,12,14-16,19-20H2,1H3,(H,32,34)/t23-,26+,30+/m0/s1. The van der Waals surface area contributed by atoms with Crippen LogP contribution < -0.4 is 14.4 Å². The minimum atomic E-state index is -3.76. The lowest BCUT2D eigenvalue weighted by Crippen LogP contribution is -2.49. The summed E-state index contributed by atoms with van der Waals surface area (Å²) in [5.41, 5.74) is 2.55. The third-order valence-corrected chi connectivity index (χ3v) is 10.3. The first-order valence-corrected chi connectivity index (χ1v) is 16.2. The van der Waals surface area contributed by atoms with Crippen LogP contribution in [0.1, 0.15) is 79.8 Å². The van der Waals surface area contributed by atoms with Gasteiger partial charge >= 0.3 is 0 Å². The van der Waals surface area contributed by atoms with Crippen molar-refractivity contribution >= 4 is 33.2 Å². The molecule has 3 atom stereocenters. The Labute approximate surface area is 236 Å². The topological polar surface area (TPSA) is 95.9 Å². The molecule has 1 amide bonds. The number of nitrogens with zero attached hydrogens (tertiary/aromatic N) is 1. The van der Waals surface area contributed by atoms with Gasteiger partial charge in [-0.1, -0.05) is 30.5 Å². The van der Waals surface area contributed by atoms with Crippen molar-refractivity contribution in [3.63, 3.8) is 0 Å². The number of sulfonamides is 1. The van der Waals surface area contributed by atoms with Crippen molar-refractivity contribution < 1.29 is 23.1 Å². The van der Waals surface area contributed by atoms with Crippen molar-refractivity contribution in [2.75, 3.05) is 23.7 Å². The number of aliphatic hydroxyl groups is 1. The number of aryl methyl sites for hydroxylation is 1. The summed E-state index contributed by atoms with van der Waals surface area (Å²) in [4.78, 5) is 15.3. The maximum absolute atomic E-state index is 13.1. The minimum absolute atomic E-state index is 0.115. The van der Waals surface area contributed by atoms with Gasteiger partial charge in [-0.25, -0.2) is 13.1 Å². The van der Waals surface area contributed by atoms with Gasteiger partial charge in [-0.05, 0) is 105 Å². The Balaban J connectivity index is 1.52. The van der Waals surface area contributed by atoms with E-state index in [9.17, 15) is 18.3 Å². The number of fused-ring (bicyclic) bond motifs is 3. The smallest absolute Gasteiger partial charge is 0.264 e. The predicted octanol–water partition coefficient (Wildman–Crippen LogP) is 5.47. The molecule has 1 aliphatic carbocycles. The molecular formula is C30H39ClN2O5S. The number of anilines is 1. The Morgan fingerprint density at radius 3 is 2.69 bits per heavy atom. The van der Waals surface area contributed by atoms with Gasteiger partial charge in [0.1, 0.15) is 12.4 Å². The summed E-state index contributed by atoms with van der Waals surface area (Å²) in [6.07, 6.45) is 7.39. The van der Waals surface area contributed by atoms with E-state index < -0.39 is 21.5 Å². The molecule has 1 saturated carbocycles. The molecule has 0 saturated heterocycles. The van der Waals surface area contributed by atoms with Gasteiger partial charge in [0.25, 0.3) is 5.91 Å². The Hall–Kier alpha value is -2.29. The molecule has 2 N–H and O–H groups in total. The Kier molecular flexibility index (Phi) is 8.45. The summed E-state index contributed by atoms with van der Waals surface area (Å²) in [7, 11) is -3.76. The molecule has 5 rings (SSSR count). The molecule has 212 valence electrons. The lowest BCUT2D eigenvalue weighted by atomic mass is 9.64. The van der Waals surface area contributed by atoms with Crippen LogP contribution >= 0.6 is 11.6 Å². The van der Waals surface area contributed by atoms with E-state index in [4.69, 9.17) is 16.3 Å². The normalized spacial score (nSPS) is 28.0. The molecule has 0 aromatic heterocycles. The summed E-state index contributed by atoms with van der Waals surface area (Å²) in [6.45, 7) is 3.82. The summed E-state index contributed by atoms with van der Waals surface area (Å²) >= 11 is 6.29. The number of nitrogens with one attached hydrogen (secondary N) is 1. The monoisotopic (exact) mass is 574 g/mol. The van der Waals surface area contributed by atoms with Crippen LogP contribution in [0.15, 0.2) is 36.4 Å². The fraction of sp³-hybridized carbons (Fsp3) is 0.567. The molecule has 0 radical (unpaired) electrons. The quantitative estimate of drug-likeness (QED) is 0.433. The van der Waals surface area contributed by atoms with Gasteiger partial charge in [0.2, 0.25) is 10.0 Å². The second-order valence-corrected chi connectivity index (χ2v) is 13.9. The predicted molar refractivity (Wildman–Crippen MR) is 154 cm³/mol. The first kappa shape index (κ1) is 28.2. The zero-order valence-electron chi connectivity index (χ0n) is 22.6. The molecule has 0 unspecified atom stereocenters. The third kappa shape index (κ3) is 6.72. The van der Waals surface area contributed by atoms with E-state index in [1.54, 1.807) is 18.2 Å². The van der Waals surface area contributed by atoms with E-state index in [0.717, 1.165) is 62.9 Å². The Bertz CT molecular complexity index is 1310. The number of halogens is 1. The average molecular weight is 575 g/mol. The molecule has 2 aromatic carbocycles. The van der Waals surface area contributed by atoms with E-state index in [1.807, 2.05) is 25.1 Å². The Morgan fingerprint density at radius 2 is 1.90 bits per heavy atom. The van der Waals surface area contributed by atoms with Crippen molar-refractivity contribution in [2.24, 2.45) is 11.8 Å². The van der Waals surface area contributed by atoms with E-state index in [1.165, 1.54) is 5.56 Å². The van der Waals surface area contributed by atoms with Crippen molar-refractivity contribution in [1.82, 2.24) is 4.72 Å². The fourth-order valence-electron chi connectivity index (χ4n) is 6.36. The second-order valence-electron chi connectivity index (χ2n) is 11.6. The molecule has 9 heteroatoms. The number of rotatable bonds is 0. The van der Waals surface area contributed by atoms with Crippen molar-refractivity contribution in [3.05, 3.63) is 58.1 Å².